The van der Waals surface area contributed by atoms with Crippen LogP contribution in [0.25, 0.3) is 5.76 Å². The van der Waals surface area contributed by atoms with E-state index in [9.17, 15) is 18.3 Å². The number of rotatable bonds is 5. The van der Waals surface area contributed by atoms with Crippen LogP contribution >= 0.6 is 11.6 Å². The summed E-state index contributed by atoms with van der Waals surface area (Å²) in [6.45, 7) is 0.266. The molecule has 10 heteroatoms. The summed E-state index contributed by atoms with van der Waals surface area (Å²) >= 11 is 6.27. The Morgan fingerprint density at radius 3 is 2.69 bits per heavy atom. The number of hydrogen-bond acceptors (Lipinski definition) is 6. The topological polar surface area (TPSA) is 109 Å². The summed E-state index contributed by atoms with van der Waals surface area (Å²) in [5.74, 6) is -0.831. The van der Waals surface area contributed by atoms with Crippen LogP contribution < -0.4 is 10.1 Å². The highest BCUT2D eigenvalue weighted by molar-refractivity contribution is 7.89. The second kappa shape index (κ2) is 8.52. The average Bonchev–Trinajstić information content (AvgIpc) is 2.78. The molecule has 0 unspecified atom stereocenters. The number of halogens is 1. The standard InChI is InChI=1S/C22H18ClN3O5S/c1-26-20(21(27)16-6-2-3-7-19(16)32(26,29)30)22(28)25-15-8-9-18(17(23)11-15)31-13-14-5-4-10-24-12-14/h2-12,27H,13H2,1H3,(H,25,28). The fourth-order valence-electron chi connectivity index (χ4n) is 3.21. The second-order valence-electron chi connectivity index (χ2n) is 6.92. The molecule has 0 spiro atoms. The molecule has 32 heavy (non-hydrogen) atoms. The van der Waals surface area contributed by atoms with Gasteiger partial charge in [-0.05, 0) is 36.4 Å². The van der Waals surface area contributed by atoms with E-state index in [4.69, 9.17) is 16.3 Å². The zero-order chi connectivity index (χ0) is 22.9. The van der Waals surface area contributed by atoms with Crippen molar-refractivity contribution in [1.29, 1.82) is 0 Å². The Morgan fingerprint density at radius 2 is 1.97 bits per heavy atom. The van der Waals surface area contributed by atoms with Crippen molar-refractivity contribution in [2.45, 2.75) is 11.5 Å². The number of fused-ring (bicyclic) bond motifs is 1. The first-order valence-electron chi connectivity index (χ1n) is 9.43. The Hall–Kier alpha value is -3.56. The molecule has 0 bridgehead atoms. The van der Waals surface area contributed by atoms with Crippen LogP contribution in [-0.2, 0) is 21.4 Å². The Morgan fingerprint density at radius 1 is 1.19 bits per heavy atom. The second-order valence-corrected chi connectivity index (χ2v) is 9.26. The molecule has 0 atom stereocenters. The highest BCUT2D eigenvalue weighted by Crippen LogP contribution is 2.35. The third-order valence-electron chi connectivity index (χ3n) is 4.84. The summed E-state index contributed by atoms with van der Waals surface area (Å²) in [6, 6.07) is 14.2. The summed E-state index contributed by atoms with van der Waals surface area (Å²) in [6.07, 6.45) is 3.34. The van der Waals surface area contributed by atoms with E-state index in [0.29, 0.717) is 11.4 Å². The van der Waals surface area contributed by atoms with Gasteiger partial charge in [0.2, 0.25) is 0 Å². The van der Waals surface area contributed by atoms with Crippen LogP contribution in [0.15, 0.2) is 77.6 Å². The molecule has 0 aliphatic carbocycles. The van der Waals surface area contributed by atoms with Gasteiger partial charge < -0.3 is 15.2 Å². The molecule has 1 aromatic heterocycles. The highest BCUT2D eigenvalue weighted by atomic mass is 35.5. The highest BCUT2D eigenvalue weighted by Gasteiger charge is 2.37. The summed E-state index contributed by atoms with van der Waals surface area (Å²) in [5, 5.41) is 13.4. The van der Waals surface area contributed by atoms with Crippen molar-refractivity contribution in [1.82, 2.24) is 9.29 Å². The summed E-state index contributed by atoms with van der Waals surface area (Å²) in [5.41, 5.74) is 0.841. The maximum atomic E-state index is 12.9. The number of aliphatic hydroxyl groups is 1. The number of carbonyl (C=O) groups is 1. The number of carbonyl (C=O) groups excluding carboxylic acids is 1. The van der Waals surface area contributed by atoms with Gasteiger partial charge in [-0.1, -0.05) is 29.8 Å². The van der Waals surface area contributed by atoms with Crippen molar-refractivity contribution in [2.24, 2.45) is 0 Å². The molecular weight excluding hydrogens is 454 g/mol. The number of nitrogens with one attached hydrogen (secondary N) is 1. The van der Waals surface area contributed by atoms with Gasteiger partial charge in [-0.3, -0.25) is 14.1 Å². The summed E-state index contributed by atoms with van der Waals surface area (Å²) < 4.78 is 32.0. The van der Waals surface area contributed by atoms with Crippen LogP contribution in [-0.4, -0.2) is 35.8 Å². The van der Waals surface area contributed by atoms with Crippen molar-refractivity contribution in [3.63, 3.8) is 0 Å². The lowest BCUT2D eigenvalue weighted by atomic mass is 10.1. The van der Waals surface area contributed by atoms with Crippen LogP contribution in [0, 0.1) is 0 Å². The average molecular weight is 472 g/mol. The molecule has 3 aromatic rings. The van der Waals surface area contributed by atoms with Gasteiger partial charge in [-0.25, -0.2) is 8.42 Å². The lowest BCUT2D eigenvalue weighted by Crippen LogP contribution is -2.37. The van der Waals surface area contributed by atoms with Gasteiger partial charge in [0.05, 0.1) is 9.92 Å². The zero-order valence-corrected chi connectivity index (χ0v) is 18.4. The van der Waals surface area contributed by atoms with Gasteiger partial charge in [0, 0.05) is 36.3 Å². The van der Waals surface area contributed by atoms with E-state index in [0.717, 1.165) is 9.87 Å². The van der Waals surface area contributed by atoms with E-state index >= 15 is 0 Å². The number of benzene rings is 2. The number of aromatic nitrogens is 1. The van der Waals surface area contributed by atoms with Gasteiger partial charge in [0.25, 0.3) is 15.9 Å². The normalized spacial score (nSPS) is 14.6. The van der Waals surface area contributed by atoms with Crippen LogP contribution in [0.3, 0.4) is 0 Å². The third kappa shape index (κ3) is 4.00. The van der Waals surface area contributed by atoms with E-state index in [1.807, 2.05) is 6.07 Å². The van der Waals surface area contributed by atoms with E-state index in [2.05, 4.69) is 10.3 Å². The number of likely N-dealkylation sites (N-methyl/N-ethyl adjacent to an activating group) is 1. The summed E-state index contributed by atoms with van der Waals surface area (Å²) in [4.78, 5) is 16.8. The predicted octanol–water partition coefficient (Wildman–Crippen LogP) is 3.81. The Balaban J connectivity index is 1.56. The first kappa shape index (κ1) is 21.7. The number of ether oxygens (including phenoxy) is 1. The van der Waals surface area contributed by atoms with Gasteiger partial charge >= 0.3 is 0 Å². The molecule has 164 valence electrons. The number of pyridine rings is 1. The van der Waals surface area contributed by atoms with E-state index in [1.165, 1.54) is 25.2 Å². The maximum absolute atomic E-state index is 12.9. The molecule has 2 aromatic carbocycles. The van der Waals surface area contributed by atoms with Crippen LogP contribution in [0.4, 0.5) is 5.69 Å². The number of hydrogen-bond donors (Lipinski definition) is 2. The third-order valence-corrected chi connectivity index (χ3v) is 6.95. The monoisotopic (exact) mass is 471 g/mol. The van der Waals surface area contributed by atoms with Crippen molar-refractivity contribution < 1.29 is 23.1 Å². The van der Waals surface area contributed by atoms with Gasteiger partial charge in [0.15, 0.2) is 11.5 Å². The lowest BCUT2D eigenvalue weighted by molar-refractivity contribution is -0.113. The van der Waals surface area contributed by atoms with Gasteiger partial charge in [0.1, 0.15) is 12.4 Å². The quantitative estimate of drug-likeness (QED) is 0.585. The van der Waals surface area contributed by atoms with E-state index in [-0.39, 0.29) is 22.1 Å². The van der Waals surface area contributed by atoms with Crippen molar-refractivity contribution in [3.8, 4) is 5.75 Å². The van der Waals surface area contributed by atoms with Crippen LogP contribution in [0.5, 0.6) is 5.75 Å². The summed E-state index contributed by atoms with van der Waals surface area (Å²) in [7, 11) is -2.78. The molecule has 8 nitrogen and oxygen atoms in total. The van der Waals surface area contributed by atoms with Crippen LogP contribution in [0.2, 0.25) is 5.02 Å². The maximum Gasteiger partial charge on any atom is 0.276 e. The lowest BCUT2D eigenvalue weighted by Gasteiger charge is -2.28. The molecular formula is C22H18ClN3O5S. The number of anilines is 1. The molecule has 1 aliphatic heterocycles. The molecule has 0 saturated carbocycles. The largest absolute Gasteiger partial charge is 0.505 e. The minimum Gasteiger partial charge on any atom is -0.505 e. The molecule has 1 aliphatic rings. The molecule has 0 fully saturated rings. The number of sulfonamides is 1. The number of nitrogens with zero attached hydrogens (tertiary/aromatic N) is 2. The zero-order valence-electron chi connectivity index (χ0n) is 16.8. The fraction of sp³-hybridized carbons (Fsp3) is 0.0909. The smallest absolute Gasteiger partial charge is 0.276 e. The van der Waals surface area contributed by atoms with Gasteiger partial charge in [-0.15, -0.1) is 0 Å². The van der Waals surface area contributed by atoms with Crippen molar-refractivity contribution in [3.05, 3.63) is 88.8 Å². The molecule has 0 radical (unpaired) electrons. The van der Waals surface area contributed by atoms with E-state index < -0.39 is 27.4 Å². The first-order chi connectivity index (χ1) is 15.3. The Kier molecular flexibility index (Phi) is 5.77. The van der Waals surface area contributed by atoms with Gasteiger partial charge in [-0.2, -0.15) is 0 Å². The minimum atomic E-state index is -3.99. The van der Waals surface area contributed by atoms with Crippen molar-refractivity contribution in [2.75, 3.05) is 12.4 Å². The Labute approximate surface area is 189 Å². The molecule has 2 heterocycles. The number of aliphatic hydroxyl groups excluding tert-OH is 1. The number of amides is 1. The molecule has 1 amide bonds. The molecule has 0 saturated heterocycles. The first-order valence-corrected chi connectivity index (χ1v) is 11.2. The SMILES string of the molecule is CN1C(C(=O)Nc2ccc(OCc3cccnc3)c(Cl)c2)=C(O)c2ccccc2S1(=O)=O. The molecule has 2 N–H and O–H groups in total. The molecule has 4 rings (SSSR count). The van der Waals surface area contributed by atoms with E-state index in [1.54, 1.807) is 42.7 Å². The van der Waals surface area contributed by atoms with Crippen LogP contribution in [0.1, 0.15) is 11.1 Å². The fourth-order valence-corrected chi connectivity index (χ4v) is 4.85. The Bertz CT molecular complexity index is 1330. The van der Waals surface area contributed by atoms with Crippen molar-refractivity contribution >= 4 is 39.0 Å². The predicted molar refractivity (Wildman–Crippen MR) is 120 cm³/mol. The minimum absolute atomic E-state index is 0.0629.